The summed E-state index contributed by atoms with van der Waals surface area (Å²) in [4.78, 5) is 12.2. The van der Waals surface area contributed by atoms with Crippen LogP contribution in [0.1, 0.15) is 18.1 Å². The molecule has 0 fully saturated rings. The smallest absolute Gasteiger partial charge is 0.262 e. The molecule has 2 N–H and O–H groups in total. The Kier molecular flexibility index (Phi) is 8.43. The zero-order valence-electron chi connectivity index (χ0n) is 17.4. The Morgan fingerprint density at radius 3 is 2.52 bits per heavy atom. The van der Waals surface area contributed by atoms with Crippen LogP contribution >= 0.6 is 34.2 Å². The standard InChI is InChI=1S/C24H24ClIN2O3/c1-3-30-22-12-17(14-27-19-10-9-16(2)20(25)13-19)11-21(26)24(22)31-15-23(29)28-18-7-5-4-6-8-18/h4-13,27H,3,14-15H2,1-2H3,(H,28,29). The van der Waals surface area contributed by atoms with E-state index in [1.165, 1.54) is 0 Å². The van der Waals surface area contributed by atoms with Crippen LogP contribution in [-0.2, 0) is 11.3 Å². The first-order chi connectivity index (χ1) is 15.0. The van der Waals surface area contributed by atoms with Crippen molar-refractivity contribution in [2.24, 2.45) is 0 Å². The highest BCUT2D eigenvalue weighted by Gasteiger charge is 2.14. The topological polar surface area (TPSA) is 59.6 Å². The van der Waals surface area contributed by atoms with Crippen LogP contribution in [0.25, 0.3) is 0 Å². The summed E-state index contributed by atoms with van der Waals surface area (Å²) in [6.45, 7) is 4.88. The van der Waals surface area contributed by atoms with Crippen LogP contribution in [0.3, 0.4) is 0 Å². The van der Waals surface area contributed by atoms with E-state index in [1.807, 2.05) is 74.5 Å². The van der Waals surface area contributed by atoms with Gasteiger partial charge in [0.25, 0.3) is 5.91 Å². The maximum atomic E-state index is 12.2. The highest BCUT2D eigenvalue weighted by molar-refractivity contribution is 14.1. The van der Waals surface area contributed by atoms with Crippen molar-refractivity contribution in [3.63, 3.8) is 0 Å². The normalized spacial score (nSPS) is 10.5. The van der Waals surface area contributed by atoms with E-state index in [4.69, 9.17) is 21.1 Å². The van der Waals surface area contributed by atoms with Crippen molar-refractivity contribution in [3.05, 3.63) is 80.4 Å². The van der Waals surface area contributed by atoms with E-state index in [0.29, 0.717) is 24.7 Å². The van der Waals surface area contributed by atoms with Gasteiger partial charge in [0.2, 0.25) is 0 Å². The molecular formula is C24H24ClIN2O3. The molecule has 3 rings (SSSR count). The van der Waals surface area contributed by atoms with Crippen LogP contribution in [0.15, 0.2) is 60.7 Å². The third kappa shape index (κ3) is 6.77. The molecule has 31 heavy (non-hydrogen) atoms. The number of benzene rings is 3. The largest absolute Gasteiger partial charge is 0.490 e. The van der Waals surface area contributed by atoms with Gasteiger partial charge in [0, 0.05) is 22.9 Å². The van der Waals surface area contributed by atoms with E-state index in [2.05, 4.69) is 33.2 Å². The quantitative estimate of drug-likeness (QED) is 0.308. The summed E-state index contributed by atoms with van der Waals surface area (Å²) < 4.78 is 12.5. The molecule has 3 aromatic rings. The average Bonchev–Trinajstić information content (AvgIpc) is 2.75. The molecule has 0 atom stereocenters. The predicted octanol–water partition coefficient (Wildman–Crippen LogP) is 6.28. The van der Waals surface area contributed by atoms with Crippen LogP contribution in [0.2, 0.25) is 5.02 Å². The highest BCUT2D eigenvalue weighted by Crippen LogP contribution is 2.34. The predicted molar refractivity (Wildman–Crippen MR) is 134 cm³/mol. The minimum atomic E-state index is -0.230. The van der Waals surface area contributed by atoms with Gasteiger partial charge in [-0.1, -0.05) is 35.9 Å². The summed E-state index contributed by atoms with van der Waals surface area (Å²) in [5.74, 6) is 0.944. The van der Waals surface area contributed by atoms with Crippen LogP contribution < -0.4 is 20.1 Å². The van der Waals surface area contributed by atoms with Crippen molar-refractivity contribution < 1.29 is 14.3 Å². The van der Waals surface area contributed by atoms with Crippen LogP contribution in [0.4, 0.5) is 11.4 Å². The molecule has 0 bridgehead atoms. The monoisotopic (exact) mass is 550 g/mol. The van der Waals surface area contributed by atoms with E-state index in [0.717, 1.165) is 31.1 Å². The number of amides is 1. The molecule has 5 nitrogen and oxygen atoms in total. The van der Waals surface area contributed by atoms with Gasteiger partial charge < -0.3 is 20.1 Å². The number of anilines is 2. The first-order valence-electron chi connectivity index (χ1n) is 9.89. The Bertz CT molecular complexity index is 1040. The van der Waals surface area contributed by atoms with Gasteiger partial charge in [-0.25, -0.2) is 0 Å². The van der Waals surface area contributed by atoms with Crippen molar-refractivity contribution in [2.75, 3.05) is 23.8 Å². The summed E-state index contributed by atoms with van der Waals surface area (Å²) >= 11 is 8.41. The minimum Gasteiger partial charge on any atom is -0.490 e. The van der Waals surface area contributed by atoms with Crippen molar-refractivity contribution in [3.8, 4) is 11.5 Å². The van der Waals surface area contributed by atoms with Gasteiger partial charge >= 0.3 is 0 Å². The summed E-state index contributed by atoms with van der Waals surface area (Å²) in [7, 11) is 0. The molecule has 0 unspecified atom stereocenters. The van der Waals surface area contributed by atoms with Gasteiger partial charge in [0.05, 0.1) is 10.2 Å². The molecule has 0 saturated carbocycles. The molecule has 0 aromatic heterocycles. The molecule has 0 saturated heterocycles. The Morgan fingerprint density at radius 1 is 1.03 bits per heavy atom. The lowest BCUT2D eigenvalue weighted by atomic mass is 10.2. The maximum absolute atomic E-state index is 12.2. The fourth-order valence-corrected chi connectivity index (χ4v) is 3.89. The number of carbonyl (C=O) groups excluding carboxylic acids is 1. The number of nitrogens with one attached hydrogen (secondary N) is 2. The number of halogens is 2. The van der Waals surface area contributed by atoms with E-state index >= 15 is 0 Å². The Balaban J connectivity index is 1.67. The molecule has 3 aromatic carbocycles. The zero-order valence-corrected chi connectivity index (χ0v) is 20.3. The number of ether oxygens (including phenoxy) is 2. The van der Waals surface area contributed by atoms with Crippen molar-refractivity contribution in [1.82, 2.24) is 0 Å². The van der Waals surface area contributed by atoms with Crippen LogP contribution in [0, 0.1) is 10.5 Å². The number of para-hydroxylation sites is 1. The summed E-state index contributed by atoms with van der Waals surface area (Å²) in [6, 6.07) is 19.1. The van der Waals surface area contributed by atoms with Gasteiger partial charge in [0.15, 0.2) is 18.1 Å². The number of hydrogen-bond donors (Lipinski definition) is 2. The molecule has 0 heterocycles. The number of carbonyl (C=O) groups is 1. The Labute approximate surface area is 201 Å². The van der Waals surface area contributed by atoms with Crippen molar-refractivity contribution in [2.45, 2.75) is 20.4 Å². The second-order valence-corrected chi connectivity index (χ2v) is 8.43. The molecular weight excluding hydrogens is 527 g/mol. The van der Waals surface area contributed by atoms with Gasteiger partial charge in [-0.15, -0.1) is 0 Å². The molecule has 7 heteroatoms. The second-order valence-electron chi connectivity index (χ2n) is 6.86. The van der Waals surface area contributed by atoms with Gasteiger partial charge in [0.1, 0.15) is 0 Å². The lowest BCUT2D eigenvalue weighted by molar-refractivity contribution is -0.118. The first kappa shape index (κ1) is 23.2. The number of aryl methyl sites for hydroxylation is 1. The van der Waals surface area contributed by atoms with E-state index in [-0.39, 0.29) is 12.5 Å². The zero-order chi connectivity index (χ0) is 22.2. The average molecular weight is 551 g/mol. The molecule has 162 valence electrons. The van der Waals surface area contributed by atoms with Gasteiger partial charge in [-0.2, -0.15) is 0 Å². The van der Waals surface area contributed by atoms with Crippen molar-refractivity contribution in [1.29, 1.82) is 0 Å². The van der Waals surface area contributed by atoms with E-state index in [1.54, 1.807) is 0 Å². The molecule has 0 spiro atoms. The van der Waals surface area contributed by atoms with Crippen LogP contribution in [0.5, 0.6) is 11.5 Å². The fraction of sp³-hybridized carbons (Fsp3) is 0.208. The molecule has 0 aliphatic heterocycles. The van der Waals surface area contributed by atoms with Gasteiger partial charge in [-0.05, 0) is 84.0 Å². The van der Waals surface area contributed by atoms with Crippen LogP contribution in [-0.4, -0.2) is 19.1 Å². The molecule has 1 amide bonds. The van der Waals surface area contributed by atoms with E-state index < -0.39 is 0 Å². The lowest BCUT2D eigenvalue weighted by Crippen LogP contribution is -2.20. The summed E-state index contributed by atoms with van der Waals surface area (Å²) in [6.07, 6.45) is 0. The molecule has 0 radical (unpaired) electrons. The van der Waals surface area contributed by atoms with Gasteiger partial charge in [-0.3, -0.25) is 4.79 Å². The maximum Gasteiger partial charge on any atom is 0.262 e. The SMILES string of the molecule is CCOc1cc(CNc2ccc(C)c(Cl)c2)cc(I)c1OCC(=O)Nc1ccccc1. The Hall–Kier alpha value is -2.45. The number of hydrogen-bond acceptors (Lipinski definition) is 4. The minimum absolute atomic E-state index is 0.107. The van der Waals surface area contributed by atoms with Crippen molar-refractivity contribution >= 4 is 51.5 Å². The fourth-order valence-electron chi connectivity index (χ4n) is 2.89. The second kappa shape index (κ2) is 11.2. The highest BCUT2D eigenvalue weighted by atomic mass is 127. The lowest BCUT2D eigenvalue weighted by Gasteiger charge is -2.16. The van der Waals surface area contributed by atoms with E-state index in [9.17, 15) is 4.79 Å². The number of rotatable bonds is 9. The molecule has 0 aliphatic rings. The molecule has 0 aliphatic carbocycles. The third-order valence-electron chi connectivity index (χ3n) is 4.44. The summed E-state index contributed by atoms with van der Waals surface area (Å²) in [5, 5.41) is 6.92. The third-order valence-corrected chi connectivity index (χ3v) is 5.65. The Morgan fingerprint density at radius 2 is 1.81 bits per heavy atom. The first-order valence-corrected chi connectivity index (χ1v) is 11.3. The summed E-state index contributed by atoms with van der Waals surface area (Å²) in [5.41, 5.74) is 3.75.